The quantitative estimate of drug-likeness (QED) is 0.872. The van der Waals surface area contributed by atoms with Crippen molar-refractivity contribution in [3.05, 3.63) is 23.8 Å². The SMILES string of the molecule is COc1ccc([C@H]2C[C@@H]3CC[C@@H]2CC3=O)cc1O. The van der Waals surface area contributed by atoms with Gasteiger partial charge in [-0.25, -0.2) is 0 Å². The summed E-state index contributed by atoms with van der Waals surface area (Å²) in [7, 11) is 1.55. The number of Topliss-reactive ketones (excluding diaryl/α,β-unsaturated/α-hetero) is 1. The molecule has 3 atom stereocenters. The molecule has 3 aliphatic carbocycles. The Kier molecular flexibility index (Phi) is 2.77. The van der Waals surface area contributed by atoms with E-state index in [1.807, 2.05) is 12.1 Å². The van der Waals surface area contributed by atoms with Crippen LogP contribution < -0.4 is 4.74 Å². The number of rotatable bonds is 2. The number of phenols is 1. The average Bonchev–Trinajstić information content (AvgIpc) is 2.39. The van der Waals surface area contributed by atoms with Crippen molar-refractivity contribution in [3.8, 4) is 11.5 Å². The standard InChI is InChI=1S/C15H18O3/c1-18-15-5-4-10(8-14(15)17)12-6-11-3-2-9(12)7-13(11)16/h4-5,8-9,11-12,17H,2-3,6-7H2,1H3/t9-,11+,12+/m1/s1. The zero-order chi connectivity index (χ0) is 12.7. The lowest BCUT2D eigenvalue weighted by Gasteiger charge is -2.41. The van der Waals surface area contributed by atoms with Crippen LogP contribution in [-0.4, -0.2) is 18.0 Å². The maximum absolute atomic E-state index is 11.7. The molecule has 2 bridgehead atoms. The van der Waals surface area contributed by atoms with Gasteiger partial charge in [-0.1, -0.05) is 6.07 Å². The second-order valence-electron chi connectivity index (χ2n) is 5.48. The highest BCUT2D eigenvalue weighted by atomic mass is 16.5. The molecule has 0 spiro atoms. The van der Waals surface area contributed by atoms with Crippen molar-refractivity contribution < 1.29 is 14.6 Å². The van der Waals surface area contributed by atoms with Crippen LogP contribution >= 0.6 is 0 Å². The van der Waals surface area contributed by atoms with E-state index >= 15 is 0 Å². The number of hydrogen-bond acceptors (Lipinski definition) is 3. The van der Waals surface area contributed by atoms with Gasteiger partial charge in [0.25, 0.3) is 0 Å². The third kappa shape index (κ3) is 1.78. The second kappa shape index (κ2) is 4.30. The van der Waals surface area contributed by atoms with E-state index in [0.717, 1.165) is 31.2 Å². The summed E-state index contributed by atoms with van der Waals surface area (Å²) in [6, 6.07) is 5.64. The Balaban J connectivity index is 1.88. The number of ether oxygens (including phenoxy) is 1. The maximum Gasteiger partial charge on any atom is 0.160 e. The summed E-state index contributed by atoms with van der Waals surface area (Å²) in [6.07, 6.45) is 3.88. The minimum Gasteiger partial charge on any atom is -0.504 e. The summed E-state index contributed by atoms with van der Waals surface area (Å²) >= 11 is 0. The minimum absolute atomic E-state index is 0.197. The van der Waals surface area contributed by atoms with Crippen molar-refractivity contribution in [2.45, 2.75) is 31.6 Å². The van der Waals surface area contributed by atoms with Crippen LogP contribution in [-0.2, 0) is 4.79 Å². The van der Waals surface area contributed by atoms with Crippen molar-refractivity contribution in [2.75, 3.05) is 7.11 Å². The van der Waals surface area contributed by atoms with E-state index in [-0.39, 0.29) is 11.7 Å². The fraction of sp³-hybridized carbons (Fsp3) is 0.533. The molecular formula is C15H18O3. The second-order valence-corrected chi connectivity index (χ2v) is 5.48. The van der Waals surface area contributed by atoms with Crippen molar-refractivity contribution in [3.63, 3.8) is 0 Å². The molecule has 0 radical (unpaired) electrons. The number of benzene rings is 1. The van der Waals surface area contributed by atoms with Crippen molar-refractivity contribution >= 4 is 5.78 Å². The first-order chi connectivity index (χ1) is 8.69. The highest BCUT2D eigenvalue weighted by Crippen LogP contribution is 2.48. The Morgan fingerprint density at radius 2 is 2.17 bits per heavy atom. The van der Waals surface area contributed by atoms with Crippen LogP contribution in [0.3, 0.4) is 0 Å². The Bertz CT molecular complexity index is 481. The van der Waals surface area contributed by atoms with Gasteiger partial charge in [-0.3, -0.25) is 4.79 Å². The molecule has 0 saturated heterocycles. The number of carbonyl (C=O) groups is 1. The van der Waals surface area contributed by atoms with Crippen molar-refractivity contribution in [1.82, 2.24) is 0 Å². The van der Waals surface area contributed by atoms with E-state index in [2.05, 4.69) is 0 Å². The molecule has 1 aromatic rings. The molecule has 0 heterocycles. The molecule has 96 valence electrons. The molecule has 3 saturated carbocycles. The lowest BCUT2D eigenvalue weighted by molar-refractivity contribution is -0.129. The van der Waals surface area contributed by atoms with Gasteiger partial charge in [0.2, 0.25) is 0 Å². The highest BCUT2D eigenvalue weighted by Gasteiger charge is 2.41. The van der Waals surface area contributed by atoms with Gasteiger partial charge < -0.3 is 9.84 Å². The number of ketones is 1. The number of fused-ring (bicyclic) bond motifs is 3. The Hall–Kier alpha value is -1.51. The first-order valence-corrected chi connectivity index (χ1v) is 6.58. The summed E-state index contributed by atoms with van der Waals surface area (Å²) in [5, 5.41) is 9.85. The van der Waals surface area contributed by atoms with E-state index in [4.69, 9.17) is 4.74 Å². The molecule has 0 unspecified atom stereocenters. The molecule has 4 rings (SSSR count). The largest absolute Gasteiger partial charge is 0.504 e. The van der Waals surface area contributed by atoms with E-state index in [9.17, 15) is 9.90 Å². The summed E-state index contributed by atoms with van der Waals surface area (Å²) in [5.74, 6) is 2.30. The maximum atomic E-state index is 11.7. The molecule has 3 fully saturated rings. The third-order valence-corrected chi connectivity index (χ3v) is 4.54. The number of carbonyl (C=O) groups excluding carboxylic acids is 1. The lowest BCUT2D eigenvalue weighted by Crippen LogP contribution is -2.36. The van der Waals surface area contributed by atoms with Crippen LogP contribution in [0.25, 0.3) is 0 Å². The molecule has 3 nitrogen and oxygen atoms in total. The Morgan fingerprint density at radius 3 is 2.72 bits per heavy atom. The summed E-state index contributed by atoms with van der Waals surface area (Å²) < 4.78 is 5.06. The fourth-order valence-electron chi connectivity index (χ4n) is 3.54. The summed E-state index contributed by atoms with van der Waals surface area (Å²) in [6.45, 7) is 0. The van der Waals surface area contributed by atoms with Gasteiger partial charge in [0.1, 0.15) is 5.78 Å². The zero-order valence-corrected chi connectivity index (χ0v) is 10.6. The zero-order valence-electron chi connectivity index (χ0n) is 10.6. The van der Waals surface area contributed by atoms with Crippen LogP contribution in [0.15, 0.2) is 18.2 Å². The van der Waals surface area contributed by atoms with Crippen molar-refractivity contribution in [2.24, 2.45) is 11.8 Å². The van der Waals surface area contributed by atoms with E-state index in [0.29, 0.717) is 23.4 Å². The van der Waals surface area contributed by atoms with Gasteiger partial charge in [-0.05, 0) is 48.8 Å². The van der Waals surface area contributed by atoms with Gasteiger partial charge in [0, 0.05) is 12.3 Å². The average molecular weight is 246 g/mol. The Labute approximate surface area is 107 Å². The normalized spacial score (nSPS) is 30.5. The smallest absolute Gasteiger partial charge is 0.160 e. The molecule has 1 N–H and O–H groups in total. The Morgan fingerprint density at radius 1 is 1.33 bits per heavy atom. The first-order valence-electron chi connectivity index (χ1n) is 6.58. The lowest BCUT2D eigenvalue weighted by atomic mass is 9.62. The predicted molar refractivity (Wildman–Crippen MR) is 67.9 cm³/mol. The van der Waals surface area contributed by atoms with Crippen LogP contribution in [0.2, 0.25) is 0 Å². The van der Waals surface area contributed by atoms with Crippen LogP contribution in [0.4, 0.5) is 0 Å². The van der Waals surface area contributed by atoms with Crippen LogP contribution in [0.5, 0.6) is 11.5 Å². The summed E-state index contributed by atoms with van der Waals surface area (Å²) in [5.41, 5.74) is 1.15. The van der Waals surface area contributed by atoms with E-state index < -0.39 is 0 Å². The van der Waals surface area contributed by atoms with Crippen molar-refractivity contribution in [1.29, 1.82) is 0 Å². The molecule has 18 heavy (non-hydrogen) atoms. The minimum atomic E-state index is 0.197. The number of hydrogen-bond donors (Lipinski definition) is 1. The molecule has 3 aliphatic rings. The summed E-state index contributed by atoms with van der Waals surface area (Å²) in [4.78, 5) is 11.7. The van der Waals surface area contributed by atoms with E-state index in [1.54, 1.807) is 13.2 Å². The number of aromatic hydroxyl groups is 1. The van der Waals surface area contributed by atoms with Crippen LogP contribution in [0, 0.1) is 11.8 Å². The molecule has 3 heteroatoms. The number of methoxy groups -OCH3 is 1. The topological polar surface area (TPSA) is 46.5 Å². The molecule has 0 aromatic heterocycles. The first kappa shape index (κ1) is 11.6. The van der Waals surface area contributed by atoms with Gasteiger partial charge >= 0.3 is 0 Å². The fourth-order valence-corrected chi connectivity index (χ4v) is 3.54. The number of phenolic OH excluding ortho intramolecular Hbond substituents is 1. The predicted octanol–water partition coefficient (Wildman–Crippen LogP) is 2.87. The molecule has 0 amide bonds. The highest BCUT2D eigenvalue weighted by molar-refractivity contribution is 5.83. The molecular weight excluding hydrogens is 228 g/mol. The van der Waals surface area contributed by atoms with Gasteiger partial charge in [0.05, 0.1) is 7.11 Å². The molecule has 1 aromatic carbocycles. The monoisotopic (exact) mass is 246 g/mol. The van der Waals surface area contributed by atoms with Gasteiger partial charge in [0.15, 0.2) is 11.5 Å². The van der Waals surface area contributed by atoms with Crippen LogP contribution in [0.1, 0.15) is 37.2 Å². The van der Waals surface area contributed by atoms with Gasteiger partial charge in [-0.15, -0.1) is 0 Å². The molecule has 0 aliphatic heterocycles. The van der Waals surface area contributed by atoms with Gasteiger partial charge in [-0.2, -0.15) is 0 Å². The third-order valence-electron chi connectivity index (χ3n) is 4.54. The van der Waals surface area contributed by atoms with E-state index in [1.165, 1.54) is 0 Å².